The SMILES string of the molecule is Cn1c(=O)c2c(nc(SCc3c(Cl)cccc3Cl)n2C)n(C)c1=O. The van der Waals surface area contributed by atoms with Crippen LogP contribution in [0.25, 0.3) is 11.2 Å². The fourth-order valence-corrected chi connectivity index (χ4v) is 4.14. The number of rotatable bonds is 3. The summed E-state index contributed by atoms with van der Waals surface area (Å²) >= 11 is 13.8. The number of benzene rings is 1. The van der Waals surface area contributed by atoms with Crippen LogP contribution in [0.15, 0.2) is 32.9 Å². The molecule has 3 aromatic rings. The lowest BCUT2D eigenvalue weighted by Crippen LogP contribution is -2.37. The van der Waals surface area contributed by atoms with Crippen LogP contribution in [0.1, 0.15) is 5.56 Å². The minimum Gasteiger partial charge on any atom is -0.316 e. The van der Waals surface area contributed by atoms with E-state index < -0.39 is 5.69 Å². The van der Waals surface area contributed by atoms with Gasteiger partial charge < -0.3 is 4.57 Å². The van der Waals surface area contributed by atoms with E-state index in [1.807, 2.05) is 0 Å². The van der Waals surface area contributed by atoms with Crippen LogP contribution in [0.4, 0.5) is 0 Å². The summed E-state index contributed by atoms with van der Waals surface area (Å²) in [4.78, 5) is 28.8. The van der Waals surface area contributed by atoms with Gasteiger partial charge in [0.1, 0.15) is 0 Å². The third-order valence-electron chi connectivity index (χ3n) is 3.84. The maximum atomic E-state index is 12.4. The predicted molar refractivity (Wildman–Crippen MR) is 97.2 cm³/mol. The van der Waals surface area contributed by atoms with Crippen LogP contribution in [-0.2, 0) is 26.9 Å². The summed E-state index contributed by atoms with van der Waals surface area (Å²) in [6.45, 7) is 0. The highest BCUT2D eigenvalue weighted by Crippen LogP contribution is 2.31. The quantitative estimate of drug-likeness (QED) is 0.651. The number of hydrogen-bond donors (Lipinski definition) is 0. The molecule has 0 atom stereocenters. The van der Waals surface area contributed by atoms with Crippen molar-refractivity contribution in [2.75, 3.05) is 0 Å². The Bertz CT molecular complexity index is 1050. The van der Waals surface area contributed by atoms with E-state index in [-0.39, 0.29) is 5.56 Å². The highest BCUT2D eigenvalue weighted by atomic mass is 35.5. The molecule has 0 saturated carbocycles. The van der Waals surface area contributed by atoms with Gasteiger partial charge in [0.25, 0.3) is 5.56 Å². The van der Waals surface area contributed by atoms with Crippen LogP contribution in [0, 0.1) is 0 Å². The van der Waals surface area contributed by atoms with Crippen molar-refractivity contribution in [1.29, 1.82) is 0 Å². The summed E-state index contributed by atoms with van der Waals surface area (Å²) in [6, 6.07) is 5.34. The second-order valence-electron chi connectivity index (χ2n) is 5.32. The number of aryl methyl sites for hydroxylation is 2. The van der Waals surface area contributed by atoms with Crippen molar-refractivity contribution >= 4 is 46.1 Å². The van der Waals surface area contributed by atoms with Crippen molar-refractivity contribution in [3.8, 4) is 0 Å². The second-order valence-corrected chi connectivity index (χ2v) is 7.08. The number of nitrogens with zero attached hydrogens (tertiary/aromatic N) is 4. The predicted octanol–water partition coefficient (Wildman–Crippen LogP) is 2.57. The minimum absolute atomic E-state index is 0.360. The van der Waals surface area contributed by atoms with Crippen molar-refractivity contribution in [3.63, 3.8) is 0 Å². The molecule has 2 heterocycles. The molecule has 9 heteroatoms. The van der Waals surface area contributed by atoms with Gasteiger partial charge in [0.05, 0.1) is 0 Å². The molecule has 0 aliphatic heterocycles. The third-order valence-corrected chi connectivity index (χ3v) is 5.61. The first-order valence-corrected chi connectivity index (χ1v) is 8.75. The van der Waals surface area contributed by atoms with Gasteiger partial charge in [0, 0.05) is 36.9 Å². The topological polar surface area (TPSA) is 61.8 Å². The van der Waals surface area contributed by atoms with Crippen molar-refractivity contribution in [2.24, 2.45) is 21.1 Å². The zero-order valence-electron chi connectivity index (χ0n) is 13.2. The fourth-order valence-electron chi connectivity index (χ4n) is 2.43. The van der Waals surface area contributed by atoms with E-state index in [0.717, 1.165) is 10.1 Å². The molecule has 0 spiro atoms. The largest absolute Gasteiger partial charge is 0.332 e. The molecule has 0 saturated heterocycles. The van der Waals surface area contributed by atoms with E-state index in [1.165, 1.54) is 23.4 Å². The Balaban J connectivity index is 2.07. The number of thioether (sulfide) groups is 1. The normalized spacial score (nSPS) is 11.4. The summed E-state index contributed by atoms with van der Waals surface area (Å²) in [7, 11) is 4.79. The van der Waals surface area contributed by atoms with Crippen molar-refractivity contribution < 1.29 is 0 Å². The molecule has 0 N–H and O–H groups in total. The monoisotopic (exact) mass is 384 g/mol. The Morgan fingerprint density at radius 3 is 2.29 bits per heavy atom. The van der Waals surface area contributed by atoms with E-state index in [4.69, 9.17) is 23.2 Å². The maximum absolute atomic E-state index is 12.4. The summed E-state index contributed by atoms with van der Waals surface area (Å²) in [6.07, 6.45) is 0. The second kappa shape index (κ2) is 6.31. The molecule has 0 amide bonds. The number of imidazole rings is 1. The molecule has 0 aliphatic carbocycles. The summed E-state index contributed by atoms with van der Waals surface area (Å²) in [5, 5.41) is 1.77. The molecule has 0 radical (unpaired) electrons. The molecule has 24 heavy (non-hydrogen) atoms. The fraction of sp³-hybridized carbons (Fsp3) is 0.267. The lowest BCUT2D eigenvalue weighted by Gasteiger charge is -2.06. The standard InChI is InChI=1S/C15H14Cl2N4O2S/c1-19-11-12(20(2)15(23)21(3)13(11)22)18-14(19)24-7-8-9(16)5-4-6-10(8)17/h4-6H,7H2,1-3H3. The van der Waals surface area contributed by atoms with E-state index in [9.17, 15) is 9.59 Å². The van der Waals surface area contributed by atoms with Gasteiger partial charge in [-0.1, -0.05) is 41.0 Å². The number of fused-ring (bicyclic) bond motifs is 1. The smallest absolute Gasteiger partial charge is 0.316 e. The highest BCUT2D eigenvalue weighted by molar-refractivity contribution is 7.98. The number of hydrogen-bond acceptors (Lipinski definition) is 4. The molecule has 126 valence electrons. The van der Waals surface area contributed by atoms with Gasteiger partial charge in [-0.25, -0.2) is 9.78 Å². The van der Waals surface area contributed by atoms with E-state index in [2.05, 4.69) is 4.98 Å². The van der Waals surface area contributed by atoms with Gasteiger partial charge in [-0.2, -0.15) is 0 Å². The van der Waals surface area contributed by atoms with Crippen molar-refractivity contribution in [1.82, 2.24) is 18.7 Å². The van der Waals surface area contributed by atoms with E-state index >= 15 is 0 Å². The van der Waals surface area contributed by atoms with Crippen LogP contribution in [0.3, 0.4) is 0 Å². The maximum Gasteiger partial charge on any atom is 0.332 e. The van der Waals surface area contributed by atoms with Crippen molar-refractivity contribution in [2.45, 2.75) is 10.9 Å². The molecule has 6 nitrogen and oxygen atoms in total. The molecule has 0 unspecified atom stereocenters. The number of aromatic nitrogens is 4. The first kappa shape index (κ1) is 17.1. The molecular weight excluding hydrogens is 371 g/mol. The van der Waals surface area contributed by atoms with Crippen molar-refractivity contribution in [3.05, 3.63) is 54.6 Å². The molecule has 3 rings (SSSR count). The Morgan fingerprint density at radius 2 is 1.67 bits per heavy atom. The van der Waals surface area contributed by atoms with Gasteiger partial charge in [-0.05, 0) is 17.7 Å². The molecule has 0 fully saturated rings. The van der Waals surface area contributed by atoms with Crippen LogP contribution in [-0.4, -0.2) is 18.7 Å². The summed E-state index contributed by atoms with van der Waals surface area (Å²) in [5.74, 6) is 0.504. The lowest BCUT2D eigenvalue weighted by atomic mass is 10.2. The average molecular weight is 385 g/mol. The Morgan fingerprint density at radius 1 is 1.04 bits per heavy atom. The van der Waals surface area contributed by atoms with Crippen LogP contribution < -0.4 is 11.2 Å². The lowest BCUT2D eigenvalue weighted by molar-refractivity contribution is 0.705. The molecule has 2 aromatic heterocycles. The minimum atomic E-state index is -0.406. The van der Waals surface area contributed by atoms with E-state index in [1.54, 1.807) is 36.9 Å². The zero-order valence-corrected chi connectivity index (χ0v) is 15.5. The summed E-state index contributed by atoms with van der Waals surface area (Å²) < 4.78 is 4.12. The Kier molecular flexibility index (Phi) is 4.50. The Hall–Kier alpha value is -1.70. The average Bonchev–Trinajstić information content (AvgIpc) is 2.87. The molecule has 1 aromatic carbocycles. The first-order valence-electron chi connectivity index (χ1n) is 7.01. The van der Waals surface area contributed by atoms with Crippen LogP contribution in [0.5, 0.6) is 0 Å². The highest BCUT2D eigenvalue weighted by Gasteiger charge is 2.17. The third kappa shape index (κ3) is 2.66. The van der Waals surface area contributed by atoms with E-state index in [0.29, 0.717) is 32.1 Å². The van der Waals surface area contributed by atoms with Gasteiger partial charge in [0.15, 0.2) is 16.3 Å². The van der Waals surface area contributed by atoms with Gasteiger partial charge in [-0.3, -0.25) is 13.9 Å². The van der Waals surface area contributed by atoms with Gasteiger partial charge >= 0.3 is 5.69 Å². The molecule has 0 aliphatic rings. The van der Waals surface area contributed by atoms with Gasteiger partial charge in [-0.15, -0.1) is 0 Å². The van der Waals surface area contributed by atoms with Gasteiger partial charge in [0.2, 0.25) is 0 Å². The summed E-state index contributed by atoms with van der Waals surface area (Å²) in [5.41, 5.74) is 0.771. The Labute approximate surface area is 151 Å². The number of halogens is 2. The zero-order chi connectivity index (χ0) is 17.6. The van der Waals surface area contributed by atoms with Crippen LogP contribution >= 0.6 is 35.0 Å². The first-order chi connectivity index (χ1) is 11.3. The van der Waals surface area contributed by atoms with Crippen LogP contribution in [0.2, 0.25) is 10.0 Å². The molecule has 0 bridgehead atoms. The molecular formula is C15H14Cl2N4O2S.